The third-order valence-electron chi connectivity index (χ3n) is 3.29. The number of aliphatic hydroxyl groups is 1. The fraction of sp³-hybridized carbons (Fsp3) is 0.600. The lowest BCUT2D eigenvalue weighted by Crippen LogP contribution is -2.39. The highest BCUT2D eigenvalue weighted by atomic mass is 35.5. The summed E-state index contributed by atoms with van der Waals surface area (Å²) in [4.78, 5) is 29.6. The van der Waals surface area contributed by atoms with E-state index in [-0.39, 0.29) is 25.1 Å². The molecule has 134 valence electrons. The fourth-order valence-corrected chi connectivity index (χ4v) is 3.27. The van der Waals surface area contributed by atoms with Gasteiger partial charge in [-0.1, -0.05) is 11.6 Å². The van der Waals surface area contributed by atoms with E-state index in [4.69, 9.17) is 21.2 Å². The van der Waals surface area contributed by atoms with Crippen LogP contribution in [-0.4, -0.2) is 53.1 Å². The molecule has 24 heavy (non-hydrogen) atoms. The summed E-state index contributed by atoms with van der Waals surface area (Å²) >= 11 is 7.01. The Morgan fingerprint density at radius 3 is 2.71 bits per heavy atom. The smallest absolute Gasteiger partial charge is 0.427 e. The lowest BCUT2D eigenvalue weighted by Gasteiger charge is -2.24. The van der Waals surface area contributed by atoms with Crippen LogP contribution in [0.2, 0.25) is 4.34 Å². The number of ether oxygens (including phenoxy) is 1. The van der Waals surface area contributed by atoms with E-state index in [0.29, 0.717) is 15.6 Å². The van der Waals surface area contributed by atoms with E-state index in [1.165, 1.54) is 16.4 Å². The summed E-state index contributed by atoms with van der Waals surface area (Å²) in [6, 6.07) is 2.66. The Hall–Kier alpha value is -1.35. The number of nitrogens with zero attached hydrogens (tertiary/aromatic N) is 1. The van der Waals surface area contributed by atoms with Crippen molar-refractivity contribution >= 4 is 35.0 Å². The van der Waals surface area contributed by atoms with Gasteiger partial charge in [0, 0.05) is 6.04 Å². The number of halogens is 1. The molecule has 0 aliphatic carbocycles. The largest absolute Gasteiger partial charge is 0.528 e. The Morgan fingerprint density at radius 2 is 2.17 bits per heavy atom. The summed E-state index contributed by atoms with van der Waals surface area (Å²) in [5.74, 6) is -0.243. The van der Waals surface area contributed by atoms with Gasteiger partial charge < -0.3 is 20.0 Å². The molecular formula is C15H21ClN2O5S. The predicted molar refractivity (Wildman–Crippen MR) is 90.1 cm³/mol. The van der Waals surface area contributed by atoms with Gasteiger partial charge >= 0.3 is 6.16 Å². The number of amides is 1. The van der Waals surface area contributed by atoms with Crippen LogP contribution in [0.15, 0.2) is 12.1 Å². The van der Waals surface area contributed by atoms with Crippen LogP contribution in [0.1, 0.15) is 36.9 Å². The molecule has 7 nitrogen and oxygen atoms in total. The minimum atomic E-state index is -0.835. The van der Waals surface area contributed by atoms with Gasteiger partial charge in [-0.2, -0.15) is 0 Å². The van der Waals surface area contributed by atoms with Gasteiger partial charge in [-0.15, -0.1) is 16.4 Å². The van der Waals surface area contributed by atoms with E-state index in [1.54, 1.807) is 32.9 Å². The van der Waals surface area contributed by atoms with Crippen molar-refractivity contribution in [3.8, 4) is 0 Å². The van der Waals surface area contributed by atoms with Gasteiger partial charge in [0.05, 0.1) is 28.4 Å². The van der Waals surface area contributed by atoms with Crippen LogP contribution in [0.5, 0.6) is 0 Å². The zero-order valence-electron chi connectivity index (χ0n) is 13.7. The lowest BCUT2D eigenvalue weighted by atomic mass is 10.2. The Kier molecular flexibility index (Phi) is 6.08. The molecule has 1 amide bonds. The number of hydrogen-bond donors (Lipinski definition) is 2. The number of carbonyl (C=O) groups is 2. The highest BCUT2D eigenvalue weighted by Gasteiger charge is 2.36. The van der Waals surface area contributed by atoms with Crippen LogP contribution in [0.3, 0.4) is 0 Å². The van der Waals surface area contributed by atoms with Crippen molar-refractivity contribution in [3.05, 3.63) is 21.3 Å². The maximum Gasteiger partial charge on any atom is 0.528 e. The van der Waals surface area contributed by atoms with Gasteiger partial charge in [-0.3, -0.25) is 4.79 Å². The van der Waals surface area contributed by atoms with Crippen LogP contribution in [0.25, 0.3) is 0 Å². The topological polar surface area (TPSA) is 88.1 Å². The zero-order chi connectivity index (χ0) is 17.9. The van der Waals surface area contributed by atoms with E-state index >= 15 is 0 Å². The Balaban J connectivity index is 1.91. The second kappa shape index (κ2) is 7.69. The Labute approximate surface area is 149 Å². The number of hydrogen-bond acceptors (Lipinski definition) is 7. The summed E-state index contributed by atoms with van der Waals surface area (Å²) in [5.41, 5.74) is -0.669. The Morgan fingerprint density at radius 1 is 1.46 bits per heavy atom. The van der Waals surface area contributed by atoms with E-state index in [9.17, 15) is 14.7 Å². The monoisotopic (exact) mass is 376 g/mol. The van der Waals surface area contributed by atoms with Gasteiger partial charge in [-0.25, -0.2) is 4.79 Å². The summed E-state index contributed by atoms with van der Waals surface area (Å²) in [6.45, 7) is 5.28. The average molecular weight is 377 g/mol. The van der Waals surface area contributed by atoms with Gasteiger partial charge in [0.2, 0.25) is 0 Å². The molecule has 2 rings (SSSR count). The quantitative estimate of drug-likeness (QED) is 0.785. The highest BCUT2D eigenvalue weighted by molar-refractivity contribution is 7.17. The minimum absolute atomic E-state index is 0.194. The molecule has 2 atom stereocenters. The van der Waals surface area contributed by atoms with Crippen LogP contribution in [0, 0.1) is 0 Å². The van der Waals surface area contributed by atoms with Crippen LogP contribution in [0.4, 0.5) is 4.79 Å². The predicted octanol–water partition coefficient (Wildman–Crippen LogP) is 2.43. The molecule has 1 fully saturated rings. The van der Waals surface area contributed by atoms with Gasteiger partial charge in [-0.05, 0) is 39.3 Å². The van der Waals surface area contributed by atoms with Crippen molar-refractivity contribution in [1.29, 1.82) is 0 Å². The summed E-state index contributed by atoms with van der Waals surface area (Å²) in [7, 11) is 0. The van der Waals surface area contributed by atoms with Crippen molar-refractivity contribution in [3.63, 3.8) is 0 Å². The second-order valence-corrected chi connectivity index (χ2v) is 8.22. The SMILES string of the molecule is CC(C)(C)OC(=O)ON1C[C@H](NC(=O)c2ccc(Cl)s2)C[C@H]1CO. The van der Waals surface area contributed by atoms with E-state index in [0.717, 1.165) is 0 Å². The van der Waals surface area contributed by atoms with Crippen molar-refractivity contribution < 1.29 is 24.3 Å². The molecule has 0 unspecified atom stereocenters. The number of rotatable bonds is 4. The normalized spacial score (nSPS) is 21.5. The molecule has 1 aliphatic heterocycles. The first-order valence-corrected chi connectivity index (χ1v) is 8.72. The Bertz CT molecular complexity index is 601. The molecule has 0 bridgehead atoms. The maximum absolute atomic E-state index is 12.2. The molecule has 1 aromatic heterocycles. The molecule has 0 radical (unpaired) electrons. The summed E-state index contributed by atoms with van der Waals surface area (Å²) in [5, 5.41) is 13.7. The van der Waals surface area contributed by atoms with E-state index < -0.39 is 17.8 Å². The molecule has 0 aromatic carbocycles. The van der Waals surface area contributed by atoms with Crippen LogP contribution in [-0.2, 0) is 9.57 Å². The molecule has 1 aliphatic rings. The third kappa shape index (κ3) is 5.34. The van der Waals surface area contributed by atoms with Gasteiger partial charge in [0.25, 0.3) is 5.91 Å². The molecule has 9 heteroatoms. The first-order valence-electron chi connectivity index (χ1n) is 7.52. The number of hydroxylamine groups is 2. The van der Waals surface area contributed by atoms with Gasteiger partial charge in [0.1, 0.15) is 5.60 Å². The molecule has 1 saturated heterocycles. The number of thiophene rings is 1. The minimum Gasteiger partial charge on any atom is -0.427 e. The first-order chi connectivity index (χ1) is 11.2. The van der Waals surface area contributed by atoms with E-state index in [2.05, 4.69) is 5.32 Å². The molecule has 1 aromatic rings. The molecule has 2 N–H and O–H groups in total. The molecule has 0 spiro atoms. The van der Waals surface area contributed by atoms with Crippen molar-refractivity contribution in [2.24, 2.45) is 0 Å². The molecule has 0 saturated carbocycles. The third-order valence-corrected chi connectivity index (χ3v) is 4.52. The average Bonchev–Trinajstić information content (AvgIpc) is 3.03. The lowest BCUT2D eigenvalue weighted by molar-refractivity contribution is -0.156. The number of carbonyl (C=O) groups excluding carboxylic acids is 2. The standard InChI is InChI=1S/C15H21ClN2O5S/c1-15(2,3)22-14(21)23-18-7-9(6-10(18)8-19)17-13(20)11-4-5-12(16)24-11/h4-5,9-10,19H,6-8H2,1-3H3,(H,17,20)/t9-,10+/m1/s1. The summed E-state index contributed by atoms with van der Waals surface area (Å²) in [6.07, 6.45) is -0.373. The molecular weight excluding hydrogens is 356 g/mol. The van der Waals surface area contributed by atoms with Crippen LogP contribution < -0.4 is 5.32 Å². The first kappa shape index (κ1) is 19.0. The molecule has 2 heterocycles. The highest BCUT2D eigenvalue weighted by Crippen LogP contribution is 2.23. The zero-order valence-corrected chi connectivity index (χ0v) is 15.3. The van der Waals surface area contributed by atoms with Crippen molar-refractivity contribution in [1.82, 2.24) is 10.4 Å². The number of nitrogens with one attached hydrogen (secondary N) is 1. The van der Waals surface area contributed by atoms with E-state index in [1.807, 2.05) is 0 Å². The number of aliphatic hydroxyl groups excluding tert-OH is 1. The van der Waals surface area contributed by atoms with Gasteiger partial charge in [0.15, 0.2) is 0 Å². The van der Waals surface area contributed by atoms with Crippen molar-refractivity contribution in [2.45, 2.75) is 44.9 Å². The second-order valence-electron chi connectivity index (χ2n) is 6.50. The van der Waals surface area contributed by atoms with Crippen LogP contribution >= 0.6 is 22.9 Å². The summed E-state index contributed by atoms with van der Waals surface area (Å²) < 4.78 is 5.63. The fourth-order valence-electron chi connectivity index (χ4n) is 2.33. The van der Waals surface area contributed by atoms with Crippen molar-refractivity contribution in [2.75, 3.05) is 13.2 Å². The maximum atomic E-state index is 12.2.